The van der Waals surface area contributed by atoms with Crippen molar-refractivity contribution in [2.45, 2.75) is 20.0 Å². The molecular weight excluding hydrogens is 340 g/mol. The normalized spacial score (nSPS) is 11.2. The third-order valence-corrected chi connectivity index (χ3v) is 4.29. The van der Waals surface area contributed by atoms with E-state index in [1.54, 1.807) is 0 Å². The first-order valence-corrected chi connectivity index (χ1v) is 8.77. The number of hydrogen-bond donors (Lipinski definition) is 0. The minimum atomic E-state index is 0.427. The maximum atomic E-state index is 5.92. The molecule has 136 valence electrons. The summed E-state index contributed by atoms with van der Waals surface area (Å²) in [6.45, 7) is 3.22. The molecule has 2 heterocycles. The minimum absolute atomic E-state index is 0.427. The van der Waals surface area contributed by atoms with Gasteiger partial charge in [0, 0.05) is 12.1 Å². The van der Waals surface area contributed by atoms with Gasteiger partial charge in [0.25, 0.3) is 5.89 Å². The topological polar surface area (TPSA) is 68.2 Å². The van der Waals surface area contributed by atoms with Crippen molar-refractivity contribution >= 4 is 0 Å². The molecule has 0 aliphatic heterocycles. The Balaban J connectivity index is 1.54. The van der Waals surface area contributed by atoms with Gasteiger partial charge in [0.1, 0.15) is 17.0 Å². The van der Waals surface area contributed by atoms with Gasteiger partial charge >= 0.3 is 0 Å². The van der Waals surface area contributed by atoms with Crippen LogP contribution in [-0.2, 0) is 13.1 Å². The van der Waals surface area contributed by atoms with Crippen LogP contribution in [0.25, 0.3) is 22.7 Å². The summed E-state index contributed by atoms with van der Waals surface area (Å²) >= 11 is 0. The molecule has 27 heavy (non-hydrogen) atoms. The Hall–Kier alpha value is -3.25. The van der Waals surface area contributed by atoms with E-state index < -0.39 is 0 Å². The van der Waals surface area contributed by atoms with Crippen LogP contribution in [0, 0.1) is 6.92 Å². The second kappa shape index (κ2) is 7.55. The number of aryl methyl sites for hydroxylation is 1. The van der Waals surface area contributed by atoms with E-state index >= 15 is 0 Å². The summed E-state index contributed by atoms with van der Waals surface area (Å²) in [5.41, 5.74) is 3.64. The predicted octanol–water partition coefficient (Wildman–Crippen LogP) is 4.33. The Morgan fingerprint density at radius 1 is 0.889 bits per heavy atom. The molecule has 6 heteroatoms. The average molecular weight is 360 g/mol. The van der Waals surface area contributed by atoms with Crippen LogP contribution in [0.4, 0.5) is 0 Å². The third kappa shape index (κ3) is 3.80. The van der Waals surface area contributed by atoms with E-state index in [-0.39, 0.29) is 0 Å². The molecule has 0 N–H and O–H groups in total. The maximum absolute atomic E-state index is 5.92. The molecule has 0 radical (unpaired) electrons. The van der Waals surface area contributed by atoms with E-state index in [2.05, 4.69) is 32.4 Å². The van der Waals surface area contributed by atoms with E-state index in [1.165, 1.54) is 5.56 Å². The summed E-state index contributed by atoms with van der Waals surface area (Å²) in [6, 6.07) is 20.1. The lowest BCUT2D eigenvalue weighted by molar-refractivity contribution is 0.283. The molecular formula is C21H20N4O2. The Bertz CT molecular complexity index is 1010. The number of aromatic nitrogens is 3. The van der Waals surface area contributed by atoms with Crippen molar-refractivity contribution < 1.29 is 8.94 Å². The zero-order chi connectivity index (χ0) is 18.6. The Morgan fingerprint density at radius 3 is 2.33 bits per heavy atom. The average Bonchev–Trinajstić information content (AvgIpc) is 3.29. The Labute approximate surface area is 157 Å². The summed E-state index contributed by atoms with van der Waals surface area (Å²) < 4.78 is 11.3. The lowest BCUT2D eigenvalue weighted by Crippen LogP contribution is -2.17. The highest BCUT2D eigenvalue weighted by atomic mass is 16.5. The van der Waals surface area contributed by atoms with Crippen LogP contribution in [0.2, 0.25) is 0 Å². The van der Waals surface area contributed by atoms with E-state index in [1.807, 2.05) is 62.5 Å². The van der Waals surface area contributed by atoms with Gasteiger partial charge in [0.05, 0.1) is 6.54 Å². The van der Waals surface area contributed by atoms with Crippen LogP contribution in [-0.4, -0.2) is 27.3 Å². The van der Waals surface area contributed by atoms with E-state index in [4.69, 9.17) is 8.94 Å². The highest BCUT2D eigenvalue weighted by molar-refractivity contribution is 5.77. The molecule has 0 amide bonds. The summed E-state index contributed by atoms with van der Waals surface area (Å²) in [6.07, 6.45) is 0. The smallest absolute Gasteiger partial charge is 0.253 e. The fourth-order valence-corrected chi connectivity index (χ4v) is 3.02. The molecule has 0 fully saturated rings. The van der Waals surface area contributed by atoms with Gasteiger partial charge in [-0.3, -0.25) is 4.90 Å². The summed E-state index contributed by atoms with van der Waals surface area (Å²) in [5.74, 6) is 1.64. The quantitative estimate of drug-likeness (QED) is 0.510. The molecule has 2 aromatic carbocycles. The van der Waals surface area contributed by atoms with E-state index in [0.717, 1.165) is 17.7 Å². The summed E-state index contributed by atoms with van der Waals surface area (Å²) in [4.78, 5) is 2.13. The van der Waals surface area contributed by atoms with Crippen molar-refractivity contribution in [2.75, 3.05) is 7.05 Å². The van der Waals surface area contributed by atoms with Gasteiger partial charge < -0.3 is 8.94 Å². The molecule has 0 aliphatic rings. The second-order valence-electron chi connectivity index (χ2n) is 6.49. The van der Waals surface area contributed by atoms with Crippen LogP contribution in [0.15, 0.2) is 69.6 Å². The molecule has 0 saturated carbocycles. The molecule has 2 aromatic heterocycles. The number of benzene rings is 2. The van der Waals surface area contributed by atoms with Crippen LogP contribution >= 0.6 is 0 Å². The fraction of sp³-hybridized carbons (Fsp3) is 0.190. The van der Waals surface area contributed by atoms with Gasteiger partial charge in [-0.2, -0.15) is 0 Å². The standard InChI is InChI=1S/C21H20N4O2/c1-15-19(20(24-27-15)17-11-7-4-8-12-17)21-23-22-18(26-21)14-25(2)13-16-9-5-3-6-10-16/h3-12H,13-14H2,1-2H3. The Kier molecular flexibility index (Phi) is 4.80. The predicted molar refractivity (Wildman–Crippen MR) is 102 cm³/mol. The van der Waals surface area contributed by atoms with Gasteiger partial charge in [0.15, 0.2) is 0 Å². The molecule has 0 atom stereocenters. The molecule has 0 spiro atoms. The van der Waals surface area contributed by atoms with Crippen LogP contribution in [0.1, 0.15) is 17.2 Å². The zero-order valence-electron chi connectivity index (χ0n) is 15.3. The van der Waals surface area contributed by atoms with Crippen molar-refractivity contribution in [2.24, 2.45) is 0 Å². The first-order valence-electron chi connectivity index (χ1n) is 8.77. The van der Waals surface area contributed by atoms with Crippen LogP contribution < -0.4 is 0 Å². The molecule has 6 nitrogen and oxygen atoms in total. The summed E-state index contributed by atoms with van der Waals surface area (Å²) in [5, 5.41) is 12.6. The molecule has 4 aromatic rings. The van der Waals surface area contributed by atoms with Crippen molar-refractivity contribution in [3.8, 4) is 22.7 Å². The van der Waals surface area contributed by atoms with E-state index in [0.29, 0.717) is 29.8 Å². The largest absolute Gasteiger partial charge is 0.419 e. The van der Waals surface area contributed by atoms with Crippen molar-refractivity contribution in [1.29, 1.82) is 0 Å². The molecule has 0 saturated heterocycles. The number of hydrogen-bond acceptors (Lipinski definition) is 6. The van der Waals surface area contributed by atoms with Gasteiger partial charge in [-0.05, 0) is 19.5 Å². The second-order valence-corrected chi connectivity index (χ2v) is 6.49. The van der Waals surface area contributed by atoms with E-state index in [9.17, 15) is 0 Å². The maximum Gasteiger partial charge on any atom is 0.253 e. The SMILES string of the molecule is Cc1onc(-c2ccccc2)c1-c1nnc(CN(C)Cc2ccccc2)o1. The monoisotopic (exact) mass is 360 g/mol. The van der Waals surface area contributed by atoms with Gasteiger partial charge in [-0.1, -0.05) is 65.8 Å². The van der Waals surface area contributed by atoms with Crippen molar-refractivity contribution in [3.05, 3.63) is 77.9 Å². The number of nitrogens with zero attached hydrogens (tertiary/aromatic N) is 4. The fourth-order valence-electron chi connectivity index (χ4n) is 3.02. The summed E-state index contributed by atoms with van der Waals surface area (Å²) in [7, 11) is 2.02. The highest BCUT2D eigenvalue weighted by Crippen LogP contribution is 2.33. The molecule has 0 aliphatic carbocycles. The Morgan fingerprint density at radius 2 is 1.59 bits per heavy atom. The zero-order valence-corrected chi connectivity index (χ0v) is 15.3. The van der Waals surface area contributed by atoms with Crippen LogP contribution in [0.5, 0.6) is 0 Å². The molecule has 0 bridgehead atoms. The molecule has 0 unspecified atom stereocenters. The van der Waals surface area contributed by atoms with Crippen molar-refractivity contribution in [3.63, 3.8) is 0 Å². The first-order chi connectivity index (χ1) is 13.2. The third-order valence-electron chi connectivity index (χ3n) is 4.29. The first kappa shape index (κ1) is 17.2. The van der Waals surface area contributed by atoms with Gasteiger partial charge in [-0.15, -0.1) is 10.2 Å². The van der Waals surface area contributed by atoms with Gasteiger partial charge in [-0.25, -0.2) is 0 Å². The van der Waals surface area contributed by atoms with Crippen LogP contribution in [0.3, 0.4) is 0 Å². The van der Waals surface area contributed by atoms with Gasteiger partial charge in [0.2, 0.25) is 5.89 Å². The minimum Gasteiger partial charge on any atom is -0.419 e. The number of rotatable bonds is 6. The lowest BCUT2D eigenvalue weighted by atomic mass is 10.1. The highest BCUT2D eigenvalue weighted by Gasteiger charge is 2.22. The lowest BCUT2D eigenvalue weighted by Gasteiger charge is -2.13. The van der Waals surface area contributed by atoms with Crippen molar-refractivity contribution in [1.82, 2.24) is 20.3 Å². The molecule has 4 rings (SSSR count).